The number of halogens is 1. The first-order chi connectivity index (χ1) is 11.0. The van der Waals surface area contributed by atoms with Crippen molar-refractivity contribution in [3.05, 3.63) is 69.6 Å². The van der Waals surface area contributed by atoms with Crippen molar-refractivity contribution in [2.24, 2.45) is 7.05 Å². The SMILES string of the molecule is Cn1nc(CC(=O)Nc2cccc(Cl)c2)c2ccccc2c1=O. The van der Waals surface area contributed by atoms with E-state index < -0.39 is 0 Å². The number of anilines is 1. The maximum absolute atomic E-state index is 12.3. The van der Waals surface area contributed by atoms with E-state index in [0.29, 0.717) is 27.2 Å². The van der Waals surface area contributed by atoms with Gasteiger partial charge in [0, 0.05) is 23.1 Å². The van der Waals surface area contributed by atoms with E-state index in [1.165, 1.54) is 4.68 Å². The predicted octanol–water partition coefficient (Wildman–Crippen LogP) is 2.77. The van der Waals surface area contributed by atoms with Gasteiger partial charge in [0.25, 0.3) is 5.56 Å². The zero-order chi connectivity index (χ0) is 16.4. The fourth-order valence-corrected chi connectivity index (χ4v) is 2.62. The smallest absolute Gasteiger partial charge is 0.274 e. The minimum Gasteiger partial charge on any atom is -0.326 e. The summed E-state index contributed by atoms with van der Waals surface area (Å²) in [6.07, 6.45) is 0.0706. The van der Waals surface area contributed by atoms with Crippen LogP contribution in [0.4, 0.5) is 5.69 Å². The molecule has 116 valence electrons. The second-order valence-electron chi connectivity index (χ2n) is 5.16. The Balaban J connectivity index is 1.91. The summed E-state index contributed by atoms with van der Waals surface area (Å²) in [4.78, 5) is 24.3. The summed E-state index contributed by atoms with van der Waals surface area (Å²) in [7, 11) is 1.58. The number of carbonyl (C=O) groups is 1. The number of amides is 1. The van der Waals surface area contributed by atoms with Crippen LogP contribution in [-0.2, 0) is 18.3 Å². The van der Waals surface area contributed by atoms with Gasteiger partial charge in [-0.1, -0.05) is 35.9 Å². The molecule has 1 aromatic heterocycles. The Morgan fingerprint density at radius 3 is 2.65 bits per heavy atom. The monoisotopic (exact) mass is 327 g/mol. The van der Waals surface area contributed by atoms with Crippen molar-refractivity contribution in [2.75, 3.05) is 5.32 Å². The number of aromatic nitrogens is 2. The van der Waals surface area contributed by atoms with Crippen LogP contribution in [0.2, 0.25) is 5.02 Å². The van der Waals surface area contributed by atoms with Crippen molar-refractivity contribution in [1.82, 2.24) is 9.78 Å². The van der Waals surface area contributed by atoms with Crippen LogP contribution in [0.1, 0.15) is 5.69 Å². The van der Waals surface area contributed by atoms with E-state index in [2.05, 4.69) is 10.4 Å². The minimum absolute atomic E-state index is 0.0706. The third-order valence-electron chi connectivity index (χ3n) is 3.47. The van der Waals surface area contributed by atoms with Crippen LogP contribution < -0.4 is 10.9 Å². The molecule has 0 spiro atoms. The predicted molar refractivity (Wildman–Crippen MR) is 90.8 cm³/mol. The Morgan fingerprint density at radius 1 is 1.17 bits per heavy atom. The number of carbonyl (C=O) groups excluding carboxylic acids is 1. The summed E-state index contributed by atoms with van der Waals surface area (Å²) in [6.45, 7) is 0. The van der Waals surface area contributed by atoms with Crippen LogP contribution in [0, 0.1) is 0 Å². The summed E-state index contributed by atoms with van der Waals surface area (Å²) in [5, 5.41) is 8.79. The lowest BCUT2D eigenvalue weighted by atomic mass is 10.1. The lowest BCUT2D eigenvalue weighted by molar-refractivity contribution is -0.115. The van der Waals surface area contributed by atoms with Gasteiger partial charge in [-0.25, -0.2) is 4.68 Å². The van der Waals surface area contributed by atoms with Crippen LogP contribution in [0.15, 0.2) is 53.3 Å². The highest BCUT2D eigenvalue weighted by Crippen LogP contribution is 2.17. The van der Waals surface area contributed by atoms with Crippen molar-refractivity contribution < 1.29 is 4.79 Å². The molecule has 0 bridgehead atoms. The molecule has 0 fully saturated rings. The van der Waals surface area contributed by atoms with Gasteiger partial charge in [0.15, 0.2) is 0 Å². The molecule has 0 aliphatic carbocycles. The van der Waals surface area contributed by atoms with E-state index in [0.717, 1.165) is 0 Å². The molecule has 3 aromatic rings. The van der Waals surface area contributed by atoms with Crippen molar-refractivity contribution in [3.63, 3.8) is 0 Å². The van der Waals surface area contributed by atoms with Gasteiger partial charge in [-0.15, -0.1) is 0 Å². The summed E-state index contributed by atoms with van der Waals surface area (Å²) in [5.41, 5.74) is 0.999. The number of hydrogen-bond acceptors (Lipinski definition) is 3. The van der Waals surface area contributed by atoms with Crippen LogP contribution in [0.3, 0.4) is 0 Å². The largest absolute Gasteiger partial charge is 0.326 e. The van der Waals surface area contributed by atoms with Gasteiger partial charge in [-0.3, -0.25) is 9.59 Å². The first kappa shape index (κ1) is 15.2. The quantitative estimate of drug-likeness (QED) is 0.804. The molecule has 0 radical (unpaired) electrons. The molecule has 0 atom stereocenters. The molecular formula is C17H14ClN3O2. The Kier molecular flexibility index (Phi) is 4.12. The van der Waals surface area contributed by atoms with E-state index in [-0.39, 0.29) is 17.9 Å². The molecular weight excluding hydrogens is 314 g/mol. The zero-order valence-corrected chi connectivity index (χ0v) is 13.2. The number of fused-ring (bicyclic) bond motifs is 1. The fourth-order valence-electron chi connectivity index (χ4n) is 2.43. The third-order valence-corrected chi connectivity index (χ3v) is 3.70. The molecule has 6 heteroatoms. The van der Waals surface area contributed by atoms with E-state index >= 15 is 0 Å². The highest BCUT2D eigenvalue weighted by molar-refractivity contribution is 6.30. The number of benzene rings is 2. The van der Waals surface area contributed by atoms with E-state index in [4.69, 9.17) is 11.6 Å². The Morgan fingerprint density at radius 2 is 1.91 bits per heavy atom. The normalized spacial score (nSPS) is 10.7. The standard InChI is InChI=1S/C17H14ClN3O2/c1-21-17(23)14-8-3-2-7-13(14)15(20-21)10-16(22)19-12-6-4-5-11(18)9-12/h2-9H,10H2,1H3,(H,19,22). The summed E-state index contributed by atoms with van der Waals surface area (Å²) in [5.74, 6) is -0.219. The molecule has 2 aromatic carbocycles. The van der Waals surface area contributed by atoms with Crippen molar-refractivity contribution >= 4 is 34.0 Å². The molecule has 0 unspecified atom stereocenters. The average molecular weight is 328 g/mol. The second kappa shape index (κ2) is 6.22. The summed E-state index contributed by atoms with van der Waals surface area (Å²) >= 11 is 5.90. The molecule has 0 saturated carbocycles. The van der Waals surface area contributed by atoms with Gasteiger partial charge in [-0.2, -0.15) is 5.10 Å². The van der Waals surface area contributed by atoms with Gasteiger partial charge in [-0.05, 0) is 24.3 Å². The van der Waals surface area contributed by atoms with Crippen molar-refractivity contribution in [3.8, 4) is 0 Å². The fraction of sp³-hybridized carbons (Fsp3) is 0.118. The van der Waals surface area contributed by atoms with Gasteiger partial charge >= 0.3 is 0 Å². The number of hydrogen-bond donors (Lipinski definition) is 1. The molecule has 0 aliphatic rings. The molecule has 1 amide bonds. The number of nitrogens with one attached hydrogen (secondary N) is 1. The Labute approximate surface area is 137 Å². The summed E-state index contributed by atoms with van der Waals surface area (Å²) < 4.78 is 1.25. The highest BCUT2D eigenvalue weighted by atomic mass is 35.5. The van der Waals surface area contributed by atoms with Crippen LogP contribution >= 0.6 is 11.6 Å². The minimum atomic E-state index is -0.219. The molecule has 23 heavy (non-hydrogen) atoms. The van der Waals surface area contributed by atoms with Gasteiger partial charge < -0.3 is 5.32 Å². The first-order valence-electron chi connectivity index (χ1n) is 7.05. The van der Waals surface area contributed by atoms with Crippen LogP contribution in [0.5, 0.6) is 0 Å². The number of nitrogens with zero attached hydrogens (tertiary/aromatic N) is 2. The molecule has 1 heterocycles. The molecule has 3 rings (SSSR count). The van der Waals surface area contributed by atoms with Crippen molar-refractivity contribution in [2.45, 2.75) is 6.42 Å². The Hall–Kier alpha value is -2.66. The third kappa shape index (κ3) is 3.24. The first-order valence-corrected chi connectivity index (χ1v) is 7.43. The topological polar surface area (TPSA) is 64.0 Å². The average Bonchev–Trinajstić information content (AvgIpc) is 2.52. The maximum Gasteiger partial charge on any atom is 0.274 e. The molecule has 0 saturated heterocycles. The van der Waals surface area contributed by atoms with Crippen molar-refractivity contribution in [1.29, 1.82) is 0 Å². The van der Waals surface area contributed by atoms with Crippen LogP contribution in [0.25, 0.3) is 10.8 Å². The lowest BCUT2D eigenvalue weighted by Crippen LogP contribution is -2.24. The lowest BCUT2D eigenvalue weighted by Gasteiger charge is -2.09. The Bertz CT molecular complexity index is 950. The second-order valence-corrected chi connectivity index (χ2v) is 5.59. The van der Waals surface area contributed by atoms with E-state index in [1.54, 1.807) is 49.5 Å². The zero-order valence-electron chi connectivity index (χ0n) is 12.4. The van der Waals surface area contributed by atoms with Gasteiger partial charge in [0.1, 0.15) is 0 Å². The molecule has 5 nitrogen and oxygen atoms in total. The maximum atomic E-state index is 12.3. The molecule has 0 aliphatic heterocycles. The van der Waals surface area contributed by atoms with E-state index in [1.807, 2.05) is 6.07 Å². The van der Waals surface area contributed by atoms with Crippen LogP contribution in [-0.4, -0.2) is 15.7 Å². The highest BCUT2D eigenvalue weighted by Gasteiger charge is 2.12. The van der Waals surface area contributed by atoms with Gasteiger partial charge in [0.05, 0.1) is 17.5 Å². The van der Waals surface area contributed by atoms with E-state index in [9.17, 15) is 9.59 Å². The number of aryl methyl sites for hydroxylation is 1. The molecule has 1 N–H and O–H groups in total. The number of rotatable bonds is 3. The van der Waals surface area contributed by atoms with Gasteiger partial charge in [0.2, 0.25) is 5.91 Å². The summed E-state index contributed by atoms with van der Waals surface area (Å²) in [6, 6.07) is 14.1.